The molecule has 0 aliphatic rings. The first kappa shape index (κ1) is 13.1. The van der Waals surface area contributed by atoms with Gasteiger partial charge in [0.05, 0.1) is 13.2 Å². The summed E-state index contributed by atoms with van der Waals surface area (Å²) >= 11 is 0. The Kier molecular flexibility index (Phi) is 4.61. The maximum atomic E-state index is 11.8. The van der Waals surface area contributed by atoms with Gasteiger partial charge in [-0.05, 0) is 0 Å². The number of aromatic nitrogens is 2. The summed E-state index contributed by atoms with van der Waals surface area (Å²) in [6, 6.07) is 0. The minimum atomic E-state index is -0.806. The maximum Gasteiger partial charge on any atom is 0.325 e. The number of nitrogens with zero attached hydrogens (tertiary/aromatic N) is 1. The van der Waals surface area contributed by atoms with Crippen molar-refractivity contribution in [1.82, 2.24) is 14.9 Å². The van der Waals surface area contributed by atoms with Crippen molar-refractivity contribution in [2.24, 2.45) is 0 Å². The first-order valence-electron chi connectivity index (χ1n) is 4.93. The van der Waals surface area contributed by atoms with Crippen molar-refractivity contribution in [1.29, 1.82) is 0 Å². The average Bonchev–Trinajstić information content (AvgIpc) is 2.28. The number of rotatable bonds is 5. The van der Waals surface area contributed by atoms with Crippen LogP contribution in [0.3, 0.4) is 0 Å². The van der Waals surface area contributed by atoms with E-state index in [1.807, 2.05) is 4.98 Å². The topological polar surface area (TPSA) is 126 Å². The molecular formula is C9H13N3O5. The minimum absolute atomic E-state index is 0.00202. The Hall–Kier alpha value is -1.93. The average molecular weight is 243 g/mol. The Morgan fingerprint density at radius 2 is 1.82 bits per heavy atom. The van der Waals surface area contributed by atoms with Crippen molar-refractivity contribution in [3.63, 3.8) is 0 Å². The Morgan fingerprint density at radius 3 is 2.29 bits per heavy atom. The largest absolute Gasteiger partial charge is 0.395 e. The number of carbonyl (C=O) groups excluding carboxylic acids is 1. The smallest absolute Gasteiger partial charge is 0.325 e. The second-order valence-corrected chi connectivity index (χ2v) is 3.23. The Labute approximate surface area is 95.5 Å². The summed E-state index contributed by atoms with van der Waals surface area (Å²) in [5.41, 5.74) is -1.76. The fourth-order valence-corrected chi connectivity index (χ4v) is 1.30. The number of aliphatic hydroxyl groups is 2. The summed E-state index contributed by atoms with van der Waals surface area (Å²) in [4.78, 5) is 39.1. The van der Waals surface area contributed by atoms with Crippen LogP contribution in [0.15, 0.2) is 15.8 Å². The lowest BCUT2D eigenvalue weighted by molar-refractivity contribution is 0.0682. The molecule has 0 aromatic carbocycles. The molecule has 1 aromatic rings. The third kappa shape index (κ3) is 3.26. The molecule has 0 radical (unpaired) electrons. The first-order valence-corrected chi connectivity index (χ1v) is 4.93. The summed E-state index contributed by atoms with van der Waals surface area (Å²) in [5, 5.41) is 17.5. The van der Waals surface area contributed by atoms with Crippen molar-refractivity contribution < 1.29 is 15.0 Å². The van der Waals surface area contributed by atoms with Gasteiger partial charge in [0.1, 0.15) is 5.56 Å². The number of amides is 1. The molecule has 0 atom stereocenters. The molecule has 0 saturated carbocycles. The molecule has 0 aliphatic heterocycles. The van der Waals surface area contributed by atoms with Gasteiger partial charge in [-0.1, -0.05) is 0 Å². The molecule has 1 rings (SSSR count). The number of H-pyrrole nitrogens is 2. The second-order valence-electron chi connectivity index (χ2n) is 3.23. The molecule has 8 nitrogen and oxygen atoms in total. The molecule has 8 heteroatoms. The lowest BCUT2D eigenvalue weighted by Gasteiger charge is -2.19. The van der Waals surface area contributed by atoms with Crippen LogP contribution in [0.2, 0.25) is 0 Å². The van der Waals surface area contributed by atoms with Crippen molar-refractivity contribution in [3.05, 3.63) is 32.6 Å². The van der Waals surface area contributed by atoms with Crippen molar-refractivity contribution in [2.45, 2.75) is 0 Å². The number of hydrogen-bond donors (Lipinski definition) is 4. The molecule has 0 unspecified atom stereocenters. The monoisotopic (exact) mass is 243 g/mol. The fraction of sp³-hybridized carbons (Fsp3) is 0.444. The zero-order valence-corrected chi connectivity index (χ0v) is 8.97. The van der Waals surface area contributed by atoms with Crippen LogP contribution in [0.1, 0.15) is 10.4 Å². The molecule has 94 valence electrons. The van der Waals surface area contributed by atoms with Crippen molar-refractivity contribution >= 4 is 5.91 Å². The van der Waals surface area contributed by atoms with Gasteiger partial charge in [-0.2, -0.15) is 0 Å². The lowest BCUT2D eigenvalue weighted by atomic mass is 10.3. The molecule has 1 aromatic heterocycles. The summed E-state index contributed by atoms with van der Waals surface area (Å²) in [5.74, 6) is -0.661. The van der Waals surface area contributed by atoms with Gasteiger partial charge >= 0.3 is 5.69 Å². The predicted molar refractivity (Wildman–Crippen MR) is 57.8 cm³/mol. The summed E-state index contributed by atoms with van der Waals surface area (Å²) in [7, 11) is 0. The van der Waals surface area contributed by atoms with Gasteiger partial charge in [-0.25, -0.2) is 4.79 Å². The molecule has 4 N–H and O–H groups in total. The van der Waals surface area contributed by atoms with E-state index in [0.29, 0.717) is 0 Å². The number of aromatic amines is 2. The van der Waals surface area contributed by atoms with E-state index in [1.165, 1.54) is 0 Å². The standard InChI is InChI=1S/C9H13N3O5/c13-3-1-12(2-4-14)8(16)6-5-10-9(17)11-7(6)15/h5,13-14H,1-4H2,(H2,10,11,15,17). The van der Waals surface area contributed by atoms with Crippen LogP contribution < -0.4 is 11.2 Å². The van der Waals surface area contributed by atoms with Gasteiger partial charge in [-0.15, -0.1) is 0 Å². The SMILES string of the molecule is O=C(c1c[nH]c(=O)[nH]c1=O)N(CCO)CCO. The van der Waals surface area contributed by atoms with Gasteiger partial charge in [-0.3, -0.25) is 14.6 Å². The quantitative estimate of drug-likeness (QED) is 0.454. The van der Waals surface area contributed by atoms with Crippen LogP contribution in [0.25, 0.3) is 0 Å². The van der Waals surface area contributed by atoms with Crippen molar-refractivity contribution in [2.75, 3.05) is 26.3 Å². The number of hydrogen-bond acceptors (Lipinski definition) is 5. The number of carbonyl (C=O) groups is 1. The highest BCUT2D eigenvalue weighted by Crippen LogP contribution is 1.96. The van der Waals surface area contributed by atoms with E-state index >= 15 is 0 Å². The maximum absolute atomic E-state index is 11.8. The molecular weight excluding hydrogens is 230 g/mol. The van der Waals surface area contributed by atoms with Crippen LogP contribution in [0.5, 0.6) is 0 Å². The van der Waals surface area contributed by atoms with E-state index < -0.39 is 17.2 Å². The molecule has 0 aliphatic carbocycles. The van der Waals surface area contributed by atoms with E-state index in [0.717, 1.165) is 11.1 Å². The zero-order valence-electron chi connectivity index (χ0n) is 8.97. The predicted octanol–water partition coefficient (Wildman–Crippen LogP) is -2.51. The van der Waals surface area contributed by atoms with E-state index in [-0.39, 0.29) is 31.9 Å². The van der Waals surface area contributed by atoms with Crippen LogP contribution in [-0.2, 0) is 0 Å². The van der Waals surface area contributed by atoms with E-state index in [1.54, 1.807) is 0 Å². The summed E-state index contributed by atoms with van der Waals surface area (Å²) in [6.07, 6.45) is 1.01. The molecule has 0 fully saturated rings. The Morgan fingerprint density at radius 1 is 1.24 bits per heavy atom. The molecule has 0 bridgehead atoms. The minimum Gasteiger partial charge on any atom is -0.395 e. The zero-order chi connectivity index (χ0) is 12.8. The third-order valence-electron chi connectivity index (χ3n) is 2.08. The molecule has 1 heterocycles. The van der Waals surface area contributed by atoms with E-state index in [2.05, 4.69) is 4.98 Å². The lowest BCUT2D eigenvalue weighted by Crippen LogP contribution is -2.40. The van der Waals surface area contributed by atoms with Gasteiger partial charge in [0.25, 0.3) is 11.5 Å². The highest BCUT2D eigenvalue weighted by atomic mass is 16.3. The van der Waals surface area contributed by atoms with Gasteiger partial charge in [0.2, 0.25) is 0 Å². The third-order valence-corrected chi connectivity index (χ3v) is 2.08. The number of nitrogens with one attached hydrogen (secondary N) is 2. The highest BCUT2D eigenvalue weighted by molar-refractivity contribution is 5.93. The highest BCUT2D eigenvalue weighted by Gasteiger charge is 2.18. The van der Waals surface area contributed by atoms with Crippen molar-refractivity contribution in [3.8, 4) is 0 Å². The molecule has 1 amide bonds. The second kappa shape index (κ2) is 5.97. The normalized spacial score (nSPS) is 10.2. The van der Waals surface area contributed by atoms with Crippen LogP contribution in [-0.4, -0.2) is 57.3 Å². The van der Waals surface area contributed by atoms with Crippen LogP contribution >= 0.6 is 0 Å². The van der Waals surface area contributed by atoms with E-state index in [9.17, 15) is 14.4 Å². The fourth-order valence-electron chi connectivity index (χ4n) is 1.30. The number of aliphatic hydroxyl groups excluding tert-OH is 2. The van der Waals surface area contributed by atoms with Gasteiger partial charge in [0, 0.05) is 19.3 Å². The van der Waals surface area contributed by atoms with Crippen LogP contribution in [0, 0.1) is 0 Å². The Balaban J connectivity index is 3.00. The molecule has 0 saturated heterocycles. The molecule has 0 spiro atoms. The Bertz CT molecular complexity index is 486. The van der Waals surface area contributed by atoms with E-state index in [4.69, 9.17) is 10.2 Å². The first-order chi connectivity index (χ1) is 8.10. The molecule has 17 heavy (non-hydrogen) atoms. The summed E-state index contributed by atoms with van der Waals surface area (Å²) in [6.45, 7) is -0.573. The summed E-state index contributed by atoms with van der Waals surface area (Å²) < 4.78 is 0. The van der Waals surface area contributed by atoms with Gasteiger partial charge < -0.3 is 20.1 Å². The van der Waals surface area contributed by atoms with Crippen LogP contribution in [0.4, 0.5) is 0 Å². The van der Waals surface area contributed by atoms with Gasteiger partial charge in [0.15, 0.2) is 0 Å².